The van der Waals surface area contributed by atoms with Crippen molar-refractivity contribution in [3.63, 3.8) is 0 Å². The zero-order chi connectivity index (χ0) is 24.4. The minimum atomic E-state index is -0.430. The number of rotatable bonds is 6. The molecule has 34 heavy (non-hydrogen) atoms. The molecule has 3 aromatic carbocycles. The van der Waals surface area contributed by atoms with Crippen LogP contribution in [0.3, 0.4) is 0 Å². The molecular formula is C29H34N2NiO2. The van der Waals surface area contributed by atoms with E-state index in [1.165, 1.54) is 34.4 Å². The molecule has 3 rings (SSSR count). The Balaban J connectivity index is 0.000000486. The molecule has 0 heterocycles. The first-order chi connectivity index (χ1) is 15.7. The third kappa shape index (κ3) is 10.4. The van der Waals surface area contributed by atoms with Gasteiger partial charge < -0.3 is 10.2 Å². The molecule has 0 radical (unpaired) electrons. The maximum atomic E-state index is 10.5. The van der Waals surface area contributed by atoms with Crippen LogP contribution >= 0.6 is 0 Å². The summed E-state index contributed by atoms with van der Waals surface area (Å²) in [5, 5.41) is 21.0. The van der Waals surface area contributed by atoms with Crippen molar-refractivity contribution >= 4 is 23.3 Å². The van der Waals surface area contributed by atoms with Crippen LogP contribution in [0.4, 0.5) is 11.4 Å². The largest absolute Gasteiger partial charge is 2.00 e. The summed E-state index contributed by atoms with van der Waals surface area (Å²) in [6.07, 6.45) is 5.17. The van der Waals surface area contributed by atoms with Gasteiger partial charge in [0.25, 0.3) is 0 Å². The molecule has 5 heteroatoms. The monoisotopic (exact) mass is 500 g/mol. The molecule has 0 N–H and O–H groups in total. The molecule has 0 spiro atoms. The summed E-state index contributed by atoms with van der Waals surface area (Å²) >= 11 is 0. The molecule has 0 fully saturated rings. The van der Waals surface area contributed by atoms with E-state index in [-0.39, 0.29) is 16.5 Å². The summed E-state index contributed by atoms with van der Waals surface area (Å²) in [5.41, 5.74) is 8.86. The zero-order valence-electron chi connectivity index (χ0n) is 20.9. The van der Waals surface area contributed by atoms with Gasteiger partial charge in [0.05, 0.1) is 17.1 Å². The van der Waals surface area contributed by atoms with Crippen molar-refractivity contribution in [3.8, 4) is 11.5 Å². The molecule has 0 aliphatic carbocycles. The van der Waals surface area contributed by atoms with Gasteiger partial charge in [-0.2, -0.15) is 0 Å². The SMILES string of the molecule is CCCCC(C=Nc1cc(C)cc(C)c1)=Nc1cc(C)cc(C)c1.Cc1ccc([O-])c([O-])c1.[Ni+2]. The molecule has 0 atom stereocenters. The second-order valence-electron chi connectivity index (χ2n) is 8.61. The molecule has 0 aliphatic rings. The Hall–Kier alpha value is -2.91. The Morgan fingerprint density at radius 2 is 1.24 bits per heavy atom. The van der Waals surface area contributed by atoms with E-state index >= 15 is 0 Å². The second-order valence-corrected chi connectivity index (χ2v) is 8.61. The molecule has 0 bridgehead atoms. The van der Waals surface area contributed by atoms with E-state index in [9.17, 15) is 10.2 Å². The summed E-state index contributed by atoms with van der Waals surface area (Å²) in [6.45, 7) is 12.4. The van der Waals surface area contributed by atoms with Crippen molar-refractivity contribution < 1.29 is 26.7 Å². The van der Waals surface area contributed by atoms with Gasteiger partial charge in [0, 0.05) is 6.21 Å². The second kappa shape index (κ2) is 14.4. The topological polar surface area (TPSA) is 70.8 Å². The molecule has 4 nitrogen and oxygen atoms in total. The standard InChI is InChI=1S/C22H28N2.C7H8O2.Ni/c1-6-7-8-20(24-22-13-18(4)10-19(5)14-22)15-23-21-11-16(2)9-17(3)12-21;1-5-2-3-6(8)7(9)4-5;/h9-15H,6-8H2,1-5H3;2-4,8-9H,1H3;/q;;+2/p-2. The number of hydrogen-bond donors (Lipinski definition) is 0. The number of aliphatic imine (C=N–C) groups is 2. The van der Waals surface area contributed by atoms with Crippen LogP contribution in [-0.4, -0.2) is 11.9 Å². The third-order valence-corrected chi connectivity index (χ3v) is 4.93. The molecule has 0 amide bonds. The summed E-state index contributed by atoms with van der Waals surface area (Å²) in [4.78, 5) is 9.51. The molecule has 0 aromatic heterocycles. The van der Waals surface area contributed by atoms with Crippen LogP contribution in [0.1, 0.15) is 54.0 Å². The third-order valence-electron chi connectivity index (χ3n) is 4.93. The number of unbranched alkanes of at least 4 members (excludes halogenated alkanes) is 1. The van der Waals surface area contributed by atoms with Gasteiger partial charge in [0.15, 0.2) is 0 Å². The normalized spacial score (nSPS) is 11.1. The van der Waals surface area contributed by atoms with E-state index in [1.54, 1.807) is 13.0 Å². The first kappa shape index (κ1) is 29.1. The van der Waals surface area contributed by atoms with Crippen molar-refractivity contribution in [1.82, 2.24) is 0 Å². The minimum absolute atomic E-state index is 0. The average Bonchev–Trinajstić information content (AvgIpc) is 2.72. The van der Waals surface area contributed by atoms with Crippen LogP contribution in [-0.2, 0) is 16.5 Å². The van der Waals surface area contributed by atoms with E-state index in [2.05, 4.69) is 76.0 Å². The van der Waals surface area contributed by atoms with Gasteiger partial charge in [0.2, 0.25) is 0 Å². The van der Waals surface area contributed by atoms with E-state index in [4.69, 9.17) is 4.99 Å². The van der Waals surface area contributed by atoms with Crippen LogP contribution in [0, 0.1) is 34.6 Å². The number of aryl methyl sites for hydroxylation is 5. The van der Waals surface area contributed by atoms with E-state index in [1.807, 2.05) is 6.21 Å². The van der Waals surface area contributed by atoms with Crippen LogP contribution in [0.5, 0.6) is 11.5 Å². The fourth-order valence-electron chi connectivity index (χ4n) is 3.48. The van der Waals surface area contributed by atoms with Gasteiger partial charge in [-0.15, -0.1) is 11.5 Å². The predicted octanol–water partition coefficient (Wildman–Crippen LogP) is 6.73. The van der Waals surface area contributed by atoms with Crippen LogP contribution in [0.25, 0.3) is 0 Å². The van der Waals surface area contributed by atoms with Gasteiger partial charge in [-0.1, -0.05) is 49.2 Å². The van der Waals surface area contributed by atoms with Crippen molar-refractivity contribution in [3.05, 3.63) is 82.4 Å². The molecule has 0 unspecified atom stereocenters. The first-order valence-electron chi connectivity index (χ1n) is 11.4. The van der Waals surface area contributed by atoms with Gasteiger partial charge in [-0.3, -0.25) is 9.98 Å². The zero-order valence-corrected chi connectivity index (χ0v) is 21.9. The maximum Gasteiger partial charge on any atom is 2.00 e. The van der Waals surface area contributed by atoms with Crippen molar-refractivity contribution in [2.75, 3.05) is 0 Å². The summed E-state index contributed by atoms with van der Waals surface area (Å²) in [6, 6.07) is 17.1. The van der Waals surface area contributed by atoms with Crippen molar-refractivity contribution in [1.29, 1.82) is 0 Å². The van der Waals surface area contributed by atoms with E-state index in [0.29, 0.717) is 0 Å². The molecular weight excluding hydrogens is 467 g/mol. The Kier molecular flexibility index (Phi) is 12.3. The fourth-order valence-corrected chi connectivity index (χ4v) is 3.48. The molecule has 3 aromatic rings. The predicted molar refractivity (Wildman–Crippen MR) is 137 cm³/mol. The Labute approximate surface area is 214 Å². The van der Waals surface area contributed by atoms with E-state index in [0.717, 1.165) is 41.9 Å². The smallest absolute Gasteiger partial charge is 0.873 e. The molecule has 182 valence electrons. The number of benzene rings is 3. The van der Waals surface area contributed by atoms with Crippen LogP contribution < -0.4 is 10.2 Å². The van der Waals surface area contributed by atoms with Crippen LogP contribution in [0.2, 0.25) is 0 Å². The average molecular weight is 501 g/mol. The number of nitrogens with zero attached hydrogens (tertiary/aromatic N) is 2. The van der Waals surface area contributed by atoms with Gasteiger partial charge in [-0.05, 0) is 94.0 Å². The van der Waals surface area contributed by atoms with Gasteiger partial charge in [0.1, 0.15) is 0 Å². The van der Waals surface area contributed by atoms with Crippen molar-refractivity contribution in [2.24, 2.45) is 9.98 Å². The quantitative estimate of drug-likeness (QED) is 0.278. The van der Waals surface area contributed by atoms with Gasteiger partial charge in [-0.25, -0.2) is 0 Å². The van der Waals surface area contributed by atoms with Crippen molar-refractivity contribution in [2.45, 2.75) is 60.8 Å². The summed E-state index contributed by atoms with van der Waals surface area (Å²) in [7, 11) is 0. The molecule has 0 aliphatic heterocycles. The Morgan fingerprint density at radius 3 is 1.71 bits per heavy atom. The Morgan fingerprint density at radius 1 is 0.706 bits per heavy atom. The fraction of sp³-hybridized carbons (Fsp3) is 0.310. The minimum Gasteiger partial charge on any atom is -0.873 e. The van der Waals surface area contributed by atoms with Gasteiger partial charge >= 0.3 is 16.5 Å². The maximum absolute atomic E-state index is 10.5. The first-order valence-corrected chi connectivity index (χ1v) is 11.4. The molecule has 0 saturated carbocycles. The number of hydrogen-bond acceptors (Lipinski definition) is 4. The Bertz CT molecular complexity index is 1100. The summed E-state index contributed by atoms with van der Waals surface area (Å²) in [5.74, 6) is -0.851. The summed E-state index contributed by atoms with van der Waals surface area (Å²) < 4.78 is 0. The van der Waals surface area contributed by atoms with E-state index < -0.39 is 11.5 Å². The molecule has 0 saturated heterocycles. The van der Waals surface area contributed by atoms with Crippen LogP contribution in [0.15, 0.2) is 64.6 Å².